The number of thioether (sulfide) groups is 1. The summed E-state index contributed by atoms with van der Waals surface area (Å²) in [6.45, 7) is 3.52. The van der Waals surface area contributed by atoms with Crippen molar-refractivity contribution in [3.63, 3.8) is 0 Å². The third kappa shape index (κ3) is 1.98. The third-order valence-electron chi connectivity index (χ3n) is 4.47. The van der Waals surface area contributed by atoms with Crippen LogP contribution in [-0.2, 0) is 19.1 Å². The summed E-state index contributed by atoms with van der Waals surface area (Å²) in [6.07, 6.45) is -2.73. The second-order valence-electron chi connectivity index (χ2n) is 6.42. The van der Waals surface area contributed by atoms with E-state index in [1.165, 1.54) is 16.7 Å². The number of ether oxygens (including phenoxy) is 2. The summed E-state index contributed by atoms with van der Waals surface area (Å²) < 4.78 is 23.4. The quantitative estimate of drug-likeness (QED) is 0.598. The van der Waals surface area contributed by atoms with Crippen molar-refractivity contribution < 1.29 is 28.2 Å². The number of hydrogen-bond donors (Lipinski definition) is 0. The molecule has 0 spiro atoms. The fourth-order valence-electron chi connectivity index (χ4n) is 3.32. The summed E-state index contributed by atoms with van der Waals surface area (Å²) in [7, 11) is 0. The maximum Gasteiger partial charge on any atom is 0.342 e. The molecule has 1 aromatic carbocycles. The van der Waals surface area contributed by atoms with Gasteiger partial charge in [-0.05, 0) is 19.9 Å². The number of halogens is 1. The molecule has 8 heteroatoms. The lowest BCUT2D eigenvalue weighted by molar-refractivity contribution is -0.182. The van der Waals surface area contributed by atoms with E-state index in [0.29, 0.717) is 11.1 Å². The van der Waals surface area contributed by atoms with E-state index in [2.05, 4.69) is 0 Å². The zero-order chi connectivity index (χ0) is 17.2. The highest BCUT2D eigenvalue weighted by Crippen LogP contribution is 2.52. The molecule has 0 saturated carbocycles. The smallest absolute Gasteiger partial charge is 0.342 e. The number of cyclic esters (lactones) is 1. The highest BCUT2D eigenvalue weighted by Gasteiger charge is 2.65. The van der Waals surface area contributed by atoms with Crippen LogP contribution in [0.3, 0.4) is 0 Å². The average Bonchev–Trinajstić information content (AvgIpc) is 3.00. The molecule has 126 valence electrons. The van der Waals surface area contributed by atoms with Crippen LogP contribution in [0.5, 0.6) is 0 Å². The molecule has 0 aliphatic carbocycles. The van der Waals surface area contributed by atoms with E-state index in [1.54, 1.807) is 38.1 Å². The van der Waals surface area contributed by atoms with Gasteiger partial charge in [0.25, 0.3) is 12.2 Å². The van der Waals surface area contributed by atoms with E-state index in [4.69, 9.17) is 9.47 Å². The largest absolute Gasteiger partial charge is 0.419 e. The molecular formula is C16H14FNO5S. The Hall–Kier alpha value is -2.09. The zero-order valence-corrected chi connectivity index (χ0v) is 13.7. The number of hydrogen-bond acceptors (Lipinski definition) is 6. The molecule has 3 aliphatic heterocycles. The van der Waals surface area contributed by atoms with Gasteiger partial charge < -0.3 is 14.4 Å². The summed E-state index contributed by atoms with van der Waals surface area (Å²) in [5.41, 5.74) is 0.811. The molecule has 1 unspecified atom stereocenters. The van der Waals surface area contributed by atoms with Gasteiger partial charge in [0.05, 0.1) is 5.56 Å². The lowest BCUT2D eigenvalue weighted by Crippen LogP contribution is -2.64. The van der Waals surface area contributed by atoms with E-state index >= 15 is 0 Å². The summed E-state index contributed by atoms with van der Waals surface area (Å²) in [5.74, 6) is -1.97. The Bertz CT molecular complexity index is 767. The number of β-lactam (4-membered cyclic amide) rings is 1. The molecule has 2 fully saturated rings. The van der Waals surface area contributed by atoms with E-state index < -0.39 is 46.5 Å². The van der Waals surface area contributed by atoms with Crippen LogP contribution in [0.2, 0.25) is 0 Å². The molecule has 0 aromatic heterocycles. The number of carbonyl (C=O) groups is 3. The second kappa shape index (κ2) is 4.95. The van der Waals surface area contributed by atoms with Gasteiger partial charge in [0.15, 0.2) is 0 Å². The van der Waals surface area contributed by atoms with Crippen LogP contribution in [0.15, 0.2) is 24.3 Å². The van der Waals surface area contributed by atoms with Gasteiger partial charge >= 0.3 is 11.9 Å². The Balaban J connectivity index is 1.57. The molecule has 1 amide bonds. The second-order valence-corrected chi connectivity index (χ2v) is 8.19. The van der Waals surface area contributed by atoms with E-state index in [1.807, 2.05) is 0 Å². The molecule has 4 rings (SSSR count). The number of benzene rings is 1. The van der Waals surface area contributed by atoms with Gasteiger partial charge in [-0.15, -0.1) is 11.8 Å². The van der Waals surface area contributed by atoms with Crippen molar-refractivity contribution in [2.75, 3.05) is 0 Å². The first-order chi connectivity index (χ1) is 11.3. The van der Waals surface area contributed by atoms with Crippen molar-refractivity contribution in [1.82, 2.24) is 4.90 Å². The maximum atomic E-state index is 13.7. The molecule has 3 aliphatic rings. The lowest BCUT2D eigenvalue weighted by Gasteiger charge is -2.39. The standard InChI is InChI=1S/C16H14FNO5S/c1-16(2)10(18-11(19)9(17)12(18)24-16)14(21)23-15-8-6-4-3-5-7(8)13(20)22-15/h3-6,9-10,12,15H,1-2H3/t9-,10+,12-,15?/m1/s1. The van der Waals surface area contributed by atoms with Gasteiger partial charge in [0.2, 0.25) is 6.17 Å². The van der Waals surface area contributed by atoms with Gasteiger partial charge in [-0.2, -0.15) is 0 Å². The third-order valence-corrected chi connectivity index (χ3v) is 6.01. The van der Waals surface area contributed by atoms with Gasteiger partial charge in [-0.1, -0.05) is 18.2 Å². The zero-order valence-electron chi connectivity index (χ0n) is 12.9. The Kier molecular flexibility index (Phi) is 3.19. The van der Waals surface area contributed by atoms with Crippen LogP contribution in [-0.4, -0.2) is 45.1 Å². The fraction of sp³-hybridized carbons (Fsp3) is 0.438. The van der Waals surface area contributed by atoms with Crippen molar-refractivity contribution in [3.8, 4) is 0 Å². The molecule has 2 saturated heterocycles. The van der Waals surface area contributed by atoms with E-state index in [0.717, 1.165) is 0 Å². The van der Waals surface area contributed by atoms with Crippen molar-refractivity contribution >= 4 is 29.6 Å². The topological polar surface area (TPSA) is 72.9 Å². The molecule has 4 atom stereocenters. The predicted octanol–water partition coefficient (Wildman–Crippen LogP) is 1.80. The molecule has 24 heavy (non-hydrogen) atoms. The summed E-state index contributed by atoms with van der Waals surface area (Å²) >= 11 is 1.23. The number of amides is 1. The Labute approximate surface area is 141 Å². The van der Waals surface area contributed by atoms with Gasteiger partial charge in [-0.3, -0.25) is 4.79 Å². The first kappa shape index (κ1) is 15.4. The molecule has 0 N–H and O–H groups in total. The minimum atomic E-state index is -1.59. The van der Waals surface area contributed by atoms with Crippen LogP contribution in [0, 0.1) is 0 Å². The fourth-order valence-corrected chi connectivity index (χ4v) is 4.85. The molecule has 0 bridgehead atoms. The highest BCUT2D eigenvalue weighted by molar-refractivity contribution is 8.01. The number of fused-ring (bicyclic) bond motifs is 2. The van der Waals surface area contributed by atoms with Crippen LogP contribution < -0.4 is 0 Å². The molecule has 3 heterocycles. The minimum absolute atomic E-state index is 0.345. The Morgan fingerprint density at radius 2 is 2.04 bits per heavy atom. The van der Waals surface area contributed by atoms with Crippen LogP contribution in [0.25, 0.3) is 0 Å². The molecule has 0 radical (unpaired) electrons. The van der Waals surface area contributed by atoms with Crippen LogP contribution in [0.1, 0.15) is 36.1 Å². The number of nitrogens with zero attached hydrogens (tertiary/aromatic N) is 1. The van der Waals surface area contributed by atoms with Crippen molar-refractivity contribution in [1.29, 1.82) is 0 Å². The van der Waals surface area contributed by atoms with Crippen LogP contribution >= 0.6 is 11.8 Å². The number of alkyl halides is 1. The molecule has 1 aromatic rings. The minimum Gasteiger partial charge on any atom is -0.419 e. The number of carbonyl (C=O) groups excluding carboxylic acids is 3. The van der Waals surface area contributed by atoms with E-state index in [-0.39, 0.29) is 0 Å². The first-order valence-electron chi connectivity index (χ1n) is 7.46. The van der Waals surface area contributed by atoms with Crippen molar-refractivity contribution in [2.45, 2.75) is 42.5 Å². The van der Waals surface area contributed by atoms with Gasteiger partial charge in [0.1, 0.15) is 11.4 Å². The Morgan fingerprint density at radius 1 is 1.33 bits per heavy atom. The first-order valence-corrected chi connectivity index (χ1v) is 8.34. The van der Waals surface area contributed by atoms with E-state index in [9.17, 15) is 18.8 Å². The van der Waals surface area contributed by atoms with Gasteiger partial charge in [0, 0.05) is 10.3 Å². The predicted molar refractivity (Wildman–Crippen MR) is 81.7 cm³/mol. The summed E-state index contributed by atoms with van der Waals surface area (Å²) in [6, 6.07) is 5.70. The highest BCUT2D eigenvalue weighted by atomic mass is 32.2. The lowest BCUT2D eigenvalue weighted by atomic mass is 9.97. The summed E-state index contributed by atoms with van der Waals surface area (Å²) in [4.78, 5) is 37.4. The number of esters is 2. The van der Waals surface area contributed by atoms with Crippen molar-refractivity contribution in [3.05, 3.63) is 35.4 Å². The maximum absolute atomic E-state index is 13.7. The molecular weight excluding hydrogens is 337 g/mol. The number of rotatable bonds is 2. The summed E-state index contributed by atoms with van der Waals surface area (Å²) in [5, 5.41) is -0.663. The molecule has 6 nitrogen and oxygen atoms in total. The Morgan fingerprint density at radius 3 is 2.79 bits per heavy atom. The normalized spacial score (nSPS) is 32.7. The van der Waals surface area contributed by atoms with Gasteiger partial charge in [-0.25, -0.2) is 14.0 Å². The monoisotopic (exact) mass is 351 g/mol. The average molecular weight is 351 g/mol. The van der Waals surface area contributed by atoms with Crippen molar-refractivity contribution in [2.24, 2.45) is 0 Å². The SMILES string of the molecule is CC1(C)S[C@@H]2[C@H](F)C(=O)N2[C@H]1C(=O)OC1OC(=O)c2ccccc21. The van der Waals surface area contributed by atoms with Crippen LogP contribution in [0.4, 0.5) is 4.39 Å².